The fourth-order valence-electron chi connectivity index (χ4n) is 3.46. The second-order valence-electron chi connectivity index (χ2n) is 6.81. The molecule has 0 fully saturated rings. The van der Waals surface area contributed by atoms with Crippen molar-refractivity contribution in [2.24, 2.45) is 11.8 Å². The first-order valence-electron chi connectivity index (χ1n) is 9.18. The van der Waals surface area contributed by atoms with E-state index in [0.717, 1.165) is 25.2 Å². The highest BCUT2D eigenvalue weighted by Gasteiger charge is 2.16. The molecular formula is C21H30O. The molecule has 0 heterocycles. The molecule has 2 aliphatic carbocycles. The fraction of sp³-hybridized carbons (Fsp3) is 0.667. The predicted octanol–water partition coefficient (Wildman–Crippen LogP) is 5.61. The molecule has 1 heteroatoms. The second kappa shape index (κ2) is 10.4. The maximum atomic E-state index is 11.7. The summed E-state index contributed by atoms with van der Waals surface area (Å²) in [6.07, 6.45) is 23.1. The monoisotopic (exact) mass is 298 g/mol. The van der Waals surface area contributed by atoms with Crippen molar-refractivity contribution in [3.05, 3.63) is 24.3 Å². The summed E-state index contributed by atoms with van der Waals surface area (Å²) >= 11 is 0. The molecule has 0 saturated carbocycles. The Kier molecular flexibility index (Phi) is 8.10. The number of hydrogen-bond acceptors (Lipinski definition) is 1. The Bertz CT molecular complexity index is 446. The summed E-state index contributed by atoms with van der Waals surface area (Å²) in [7, 11) is 0. The van der Waals surface area contributed by atoms with Crippen molar-refractivity contribution < 1.29 is 4.79 Å². The van der Waals surface area contributed by atoms with E-state index < -0.39 is 0 Å². The molecule has 0 saturated heterocycles. The number of fused-ring (bicyclic) bond motifs is 2. The Morgan fingerprint density at radius 1 is 0.955 bits per heavy atom. The molecule has 2 rings (SSSR count). The van der Waals surface area contributed by atoms with E-state index in [9.17, 15) is 4.79 Å². The zero-order chi connectivity index (χ0) is 15.5. The first-order valence-corrected chi connectivity index (χ1v) is 9.18. The quantitative estimate of drug-likeness (QED) is 0.322. The van der Waals surface area contributed by atoms with E-state index in [4.69, 9.17) is 0 Å². The smallest absolute Gasteiger partial charge is 0.205 e. The van der Waals surface area contributed by atoms with E-state index in [1.54, 1.807) is 0 Å². The van der Waals surface area contributed by atoms with Crippen molar-refractivity contribution in [1.29, 1.82) is 0 Å². The number of carbonyl (C=O) groups is 1. The number of hydrogen-bond donors (Lipinski definition) is 0. The van der Waals surface area contributed by atoms with Crippen molar-refractivity contribution in [1.82, 2.24) is 0 Å². The van der Waals surface area contributed by atoms with Gasteiger partial charge in [-0.25, -0.2) is 0 Å². The third-order valence-electron chi connectivity index (χ3n) is 4.78. The van der Waals surface area contributed by atoms with Gasteiger partial charge in [-0.05, 0) is 56.3 Å². The molecule has 0 amide bonds. The highest BCUT2D eigenvalue weighted by molar-refractivity contribution is 5.95. The Balaban J connectivity index is 1.86. The van der Waals surface area contributed by atoms with Crippen LogP contribution < -0.4 is 0 Å². The number of Topliss-reactive ketones (excluding diaryl/α,β-unsaturated/α-hetero) is 1. The number of carbonyl (C=O) groups excluding carboxylic acids is 1. The molecule has 0 spiro atoms. The summed E-state index contributed by atoms with van der Waals surface area (Å²) in [5.41, 5.74) is 0. The average Bonchev–Trinajstić information content (AvgIpc) is 2.52. The number of allylic oxidation sites excluding steroid dienone is 4. The van der Waals surface area contributed by atoms with Crippen molar-refractivity contribution in [3.8, 4) is 11.8 Å². The van der Waals surface area contributed by atoms with Gasteiger partial charge in [-0.3, -0.25) is 4.79 Å². The Hall–Kier alpha value is -1.29. The van der Waals surface area contributed by atoms with E-state index in [1.807, 2.05) is 0 Å². The largest absolute Gasteiger partial charge is 0.285 e. The van der Waals surface area contributed by atoms with Crippen LogP contribution in [0, 0.1) is 23.7 Å². The first-order chi connectivity index (χ1) is 10.8. The van der Waals surface area contributed by atoms with Gasteiger partial charge >= 0.3 is 0 Å². The van der Waals surface area contributed by atoms with E-state index in [0.29, 0.717) is 12.3 Å². The van der Waals surface area contributed by atoms with Crippen LogP contribution in [0.3, 0.4) is 0 Å². The third kappa shape index (κ3) is 7.12. The molecule has 22 heavy (non-hydrogen) atoms. The van der Waals surface area contributed by atoms with Gasteiger partial charge in [-0.1, -0.05) is 55.9 Å². The summed E-state index contributed by atoms with van der Waals surface area (Å²) < 4.78 is 0. The molecule has 2 atom stereocenters. The molecule has 120 valence electrons. The molecule has 2 bridgehead atoms. The van der Waals surface area contributed by atoms with E-state index in [-0.39, 0.29) is 5.78 Å². The number of ketones is 1. The van der Waals surface area contributed by atoms with Crippen LogP contribution in [0.5, 0.6) is 0 Å². The first kappa shape index (κ1) is 17.1. The lowest BCUT2D eigenvalue weighted by Crippen LogP contribution is -2.11. The maximum absolute atomic E-state index is 11.7. The molecule has 0 aliphatic heterocycles. The maximum Gasteiger partial charge on any atom is 0.205 e. The normalized spacial score (nSPS) is 28.3. The molecule has 2 aliphatic rings. The van der Waals surface area contributed by atoms with E-state index in [1.165, 1.54) is 51.4 Å². The zero-order valence-electron chi connectivity index (χ0n) is 13.9. The van der Waals surface area contributed by atoms with Crippen LogP contribution in [0.15, 0.2) is 24.3 Å². The lowest BCUT2D eigenvalue weighted by molar-refractivity contribution is -0.113. The summed E-state index contributed by atoms with van der Waals surface area (Å²) in [5, 5.41) is 0. The van der Waals surface area contributed by atoms with Crippen LogP contribution in [0.25, 0.3) is 0 Å². The van der Waals surface area contributed by atoms with Crippen LogP contribution in [-0.4, -0.2) is 5.78 Å². The lowest BCUT2D eigenvalue weighted by Gasteiger charge is -2.23. The third-order valence-corrected chi connectivity index (χ3v) is 4.78. The minimum atomic E-state index is 0.117. The van der Waals surface area contributed by atoms with Crippen molar-refractivity contribution >= 4 is 5.78 Å². The second-order valence-corrected chi connectivity index (χ2v) is 6.81. The molecule has 0 aromatic carbocycles. The molecule has 0 radical (unpaired) electrons. The standard InChI is InChI=1S/C21H30O/c22-21-16-9-7-5-3-1-2-4-6-8-12-19-13-10-14-20(18-19)15-11-17-21/h3,5,10,14,19-20H,1-2,4,6-9,12-13,15-16,18H2. The van der Waals surface area contributed by atoms with Gasteiger partial charge in [0, 0.05) is 12.8 Å². The summed E-state index contributed by atoms with van der Waals surface area (Å²) in [5.74, 6) is 7.50. The van der Waals surface area contributed by atoms with Gasteiger partial charge in [-0.15, -0.1) is 0 Å². The van der Waals surface area contributed by atoms with Crippen LogP contribution >= 0.6 is 0 Å². The van der Waals surface area contributed by atoms with Gasteiger partial charge < -0.3 is 0 Å². The SMILES string of the molecule is O=C1C#CCC2C=CCC(CCCCCCC=CCCC1)C2. The summed E-state index contributed by atoms with van der Waals surface area (Å²) in [6.45, 7) is 0. The molecular weight excluding hydrogens is 268 g/mol. The van der Waals surface area contributed by atoms with Crippen molar-refractivity contribution in [3.63, 3.8) is 0 Å². The van der Waals surface area contributed by atoms with Crippen LogP contribution in [0.4, 0.5) is 0 Å². The van der Waals surface area contributed by atoms with Gasteiger partial charge in [0.25, 0.3) is 0 Å². The molecule has 0 aromatic rings. The topological polar surface area (TPSA) is 17.1 Å². The molecule has 1 nitrogen and oxygen atoms in total. The Labute approximate surface area is 136 Å². The lowest BCUT2D eigenvalue weighted by atomic mass is 9.82. The van der Waals surface area contributed by atoms with Gasteiger partial charge in [-0.2, -0.15) is 0 Å². The highest BCUT2D eigenvalue weighted by atomic mass is 16.1. The van der Waals surface area contributed by atoms with Crippen LogP contribution in [-0.2, 0) is 4.79 Å². The van der Waals surface area contributed by atoms with Gasteiger partial charge in [0.1, 0.15) is 0 Å². The summed E-state index contributed by atoms with van der Waals surface area (Å²) in [4.78, 5) is 11.7. The minimum absolute atomic E-state index is 0.117. The Morgan fingerprint density at radius 3 is 2.68 bits per heavy atom. The van der Waals surface area contributed by atoms with Crippen LogP contribution in [0.1, 0.15) is 77.0 Å². The predicted molar refractivity (Wildman–Crippen MR) is 93.4 cm³/mol. The van der Waals surface area contributed by atoms with Crippen molar-refractivity contribution in [2.45, 2.75) is 77.0 Å². The number of rotatable bonds is 0. The van der Waals surface area contributed by atoms with E-state index >= 15 is 0 Å². The van der Waals surface area contributed by atoms with Gasteiger partial charge in [0.15, 0.2) is 0 Å². The van der Waals surface area contributed by atoms with Gasteiger partial charge in [0.2, 0.25) is 5.78 Å². The molecule has 0 N–H and O–H groups in total. The van der Waals surface area contributed by atoms with Crippen LogP contribution in [0.2, 0.25) is 0 Å². The summed E-state index contributed by atoms with van der Waals surface area (Å²) in [6, 6.07) is 0. The average molecular weight is 298 g/mol. The van der Waals surface area contributed by atoms with Crippen molar-refractivity contribution in [2.75, 3.05) is 0 Å². The zero-order valence-corrected chi connectivity index (χ0v) is 13.9. The molecule has 0 aromatic heterocycles. The molecule has 2 unspecified atom stereocenters. The Morgan fingerprint density at radius 2 is 1.77 bits per heavy atom. The van der Waals surface area contributed by atoms with E-state index in [2.05, 4.69) is 36.1 Å². The minimum Gasteiger partial charge on any atom is -0.285 e. The fourth-order valence-corrected chi connectivity index (χ4v) is 3.46. The van der Waals surface area contributed by atoms with Gasteiger partial charge in [0.05, 0.1) is 0 Å². The highest BCUT2D eigenvalue weighted by Crippen LogP contribution is 2.29.